The lowest BCUT2D eigenvalue weighted by atomic mass is 10.1. The Balaban J connectivity index is 3.03. The van der Waals surface area contributed by atoms with Crippen molar-refractivity contribution in [2.75, 3.05) is 33.0 Å². The zero-order valence-corrected chi connectivity index (χ0v) is 18.8. The number of phenolic OH excluding ortho intramolecular Hbond substituents is 1. The lowest BCUT2D eigenvalue weighted by molar-refractivity contribution is -0.146. The summed E-state index contributed by atoms with van der Waals surface area (Å²) in [5, 5.41) is 12.9. The third-order valence-electron chi connectivity index (χ3n) is 3.48. The van der Waals surface area contributed by atoms with Crippen molar-refractivity contribution < 1.29 is 48.0 Å². The minimum absolute atomic E-state index is 0.100. The van der Waals surface area contributed by atoms with Crippen LogP contribution in [-0.2, 0) is 23.8 Å². The number of phenols is 1. The first-order valence-electron chi connectivity index (χ1n) is 9.91. The molecule has 178 valence electrons. The van der Waals surface area contributed by atoms with Crippen molar-refractivity contribution in [1.82, 2.24) is 5.32 Å². The molecular formula is C21H29NO10. The molecule has 32 heavy (non-hydrogen) atoms. The van der Waals surface area contributed by atoms with Gasteiger partial charge in [0.2, 0.25) is 5.75 Å². The van der Waals surface area contributed by atoms with E-state index in [2.05, 4.69) is 5.32 Å². The highest BCUT2D eigenvalue weighted by molar-refractivity contribution is 6.02. The molecule has 0 radical (unpaired) electrons. The summed E-state index contributed by atoms with van der Waals surface area (Å²) in [6, 6.07) is 2.51. The summed E-state index contributed by atoms with van der Waals surface area (Å²) in [6.45, 7) is 6.98. The van der Waals surface area contributed by atoms with Gasteiger partial charge in [0.25, 0.3) is 0 Å². The molecule has 1 aromatic carbocycles. The summed E-state index contributed by atoms with van der Waals surface area (Å²) in [7, 11) is 0. The molecule has 11 nitrogen and oxygen atoms in total. The fourth-order valence-electron chi connectivity index (χ4n) is 2.27. The van der Waals surface area contributed by atoms with Gasteiger partial charge < -0.3 is 34.1 Å². The number of Topliss-reactive ketones (excluding diaryl/α,β-unsaturated/α-hetero) is 1. The second kappa shape index (κ2) is 12.4. The summed E-state index contributed by atoms with van der Waals surface area (Å²) < 4.78 is 25.2. The van der Waals surface area contributed by atoms with Crippen LogP contribution in [0.4, 0.5) is 4.79 Å². The van der Waals surface area contributed by atoms with Crippen LogP contribution < -0.4 is 14.8 Å². The molecule has 1 amide bonds. The van der Waals surface area contributed by atoms with E-state index in [9.17, 15) is 24.3 Å². The van der Waals surface area contributed by atoms with Crippen LogP contribution in [0, 0.1) is 0 Å². The zero-order chi connectivity index (χ0) is 24.3. The third kappa shape index (κ3) is 9.11. The topological polar surface area (TPSA) is 147 Å². The number of ketones is 1. The van der Waals surface area contributed by atoms with Gasteiger partial charge in [-0.3, -0.25) is 4.79 Å². The van der Waals surface area contributed by atoms with Crippen LogP contribution in [0.15, 0.2) is 12.1 Å². The Bertz CT molecular complexity index is 829. The van der Waals surface area contributed by atoms with E-state index in [1.54, 1.807) is 34.6 Å². The molecule has 11 heteroatoms. The second-order valence-electron chi connectivity index (χ2n) is 7.26. The van der Waals surface area contributed by atoms with E-state index in [-0.39, 0.29) is 30.3 Å². The van der Waals surface area contributed by atoms with Crippen molar-refractivity contribution in [2.45, 2.75) is 40.2 Å². The van der Waals surface area contributed by atoms with Crippen LogP contribution in [0.1, 0.15) is 45.0 Å². The largest absolute Gasteiger partial charge is 0.504 e. The van der Waals surface area contributed by atoms with Crippen LogP contribution in [0.2, 0.25) is 0 Å². The number of carbonyl (C=O) groups is 4. The third-order valence-corrected chi connectivity index (χ3v) is 3.48. The summed E-state index contributed by atoms with van der Waals surface area (Å²) in [6.07, 6.45) is -0.807. The van der Waals surface area contributed by atoms with Gasteiger partial charge in [-0.05, 0) is 46.8 Å². The maximum Gasteiger partial charge on any atom is 0.408 e. The minimum Gasteiger partial charge on any atom is -0.504 e. The van der Waals surface area contributed by atoms with Crippen LogP contribution in [0.5, 0.6) is 17.2 Å². The molecule has 0 aliphatic carbocycles. The molecule has 0 spiro atoms. The molecule has 0 unspecified atom stereocenters. The van der Waals surface area contributed by atoms with Crippen molar-refractivity contribution in [3.05, 3.63) is 17.7 Å². The van der Waals surface area contributed by atoms with Crippen LogP contribution in [0.3, 0.4) is 0 Å². The highest BCUT2D eigenvalue weighted by Crippen LogP contribution is 2.39. The number of benzene rings is 1. The molecule has 0 saturated carbocycles. The molecule has 0 saturated heterocycles. The van der Waals surface area contributed by atoms with Crippen molar-refractivity contribution in [2.24, 2.45) is 0 Å². The van der Waals surface area contributed by atoms with Gasteiger partial charge in [0.05, 0.1) is 25.3 Å². The quantitative estimate of drug-likeness (QED) is 0.288. The Labute approximate surface area is 185 Å². The van der Waals surface area contributed by atoms with Gasteiger partial charge in [0.15, 0.2) is 30.5 Å². The fraction of sp³-hybridized carbons (Fsp3) is 0.524. The van der Waals surface area contributed by atoms with Gasteiger partial charge >= 0.3 is 18.0 Å². The van der Waals surface area contributed by atoms with Gasteiger partial charge in [-0.25, -0.2) is 14.4 Å². The summed E-state index contributed by atoms with van der Waals surface area (Å²) in [4.78, 5) is 47.4. The van der Waals surface area contributed by atoms with E-state index in [4.69, 9.17) is 23.7 Å². The van der Waals surface area contributed by atoms with Crippen molar-refractivity contribution in [3.8, 4) is 17.2 Å². The van der Waals surface area contributed by atoms with E-state index in [0.717, 1.165) is 0 Å². The Hall–Kier alpha value is -3.50. The lowest BCUT2D eigenvalue weighted by Crippen LogP contribution is -2.35. The second-order valence-corrected chi connectivity index (χ2v) is 7.26. The lowest BCUT2D eigenvalue weighted by Gasteiger charge is -2.19. The molecular weight excluding hydrogens is 426 g/mol. The first kappa shape index (κ1) is 26.5. The molecule has 1 rings (SSSR count). The normalized spacial score (nSPS) is 10.7. The molecule has 0 atom stereocenters. The van der Waals surface area contributed by atoms with Gasteiger partial charge in [-0.2, -0.15) is 0 Å². The monoisotopic (exact) mass is 455 g/mol. The van der Waals surface area contributed by atoms with Crippen LogP contribution in [-0.4, -0.2) is 67.5 Å². The summed E-state index contributed by atoms with van der Waals surface area (Å²) in [5.74, 6) is -3.11. The molecule has 0 aliphatic heterocycles. The van der Waals surface area contributed by atoms with Crippen molar-refractivity contribution in [1.29, 1.82) is 0 Å². The van der Waals surface area contributed by atoms with Crippen molar-refractivity contribution >= 4 is 23.8 Å². The Morgan fingerprint density at radius 3 is 2.03 bits per heavy atom. The first-order chi connectivity index (χ1) is 15.0. The Kier molecular flexibility index (Phi) is 10.3. The molecule has 2 N–H and O–H groups in total. The average Bonchev–Trinajstić information content (AvgIpc) is 2.69. The number of hydrogen-bond acceptors (Lipinski definition) is 10. The SMILES string of the molecule is CCOC(=O)COc1ccc(C(=O)CNC(=O)OC(C)(C)C)c(O)c1OCC(=O)OCC. The molecule has 0 aliphatic rings. The minimum atomic E-state index is -0.807. The highest BCUT2D eigenvalue weighted by Gasteiger charge is 2.23. The van der Waals surface area contributed by atoms with Gasteiger partial charge in [-0.15, -0.1) is 0 Å². The van der Waals surface area contributed by atoms with E-state index in [1.165, 1.54) is 12.1 Å². The molecule has 0 heterocycles. The fourth-order valence-corrected chi connectivity index (χ4v) is 2.27. The van der Waals surface area contributed by atoms with E-state index in [1.807, 2.05) is 0 Å². The summed E-state index contributed by atoms with van der Waals surface area (Å²) >= 11 is 0. The average molecular weight is 455 g/mol. The van der Waals surface area contributed by atoms with E-state index >= 15 is 0 Å². The number of carbonyl (C=O) groups excluding carboxylic acids is 4. The smallest absolute Gasteiger partial charge is 0.408 e. The van der Waals surface area contributed by atoms with Crippen molar-refractivity contribution in [3.63, 3.8) is 0 Å². The number of nitrogens with one attached hydrogen (secondary N) is 1. The predicted octanol–water partition coefficient (Wildman–Crippen LogP) is 1.98. The summed E-state index contributed by atoms with van der Waals surface area (Å²) in [5.41, 5.74) is -0.954. The number of ether oxygens (including phenoxy) is 5. The van der Waals surface area contributed by atoms with E-state index in [0.29, 0.717) is 0 Å². The standard InChI is InChI=1S/C21H29NO10/c1-6-28-16(24)11-30-15-9-8-13(14(23)10-22-20(27)32-21(3,4)5)18(26)19(15)31-12-17(25)29-7-2/h8-9,26H,6-7,10-12H2,1-5H3,(H,22,27). The first-order valence-corrected chi connectivity index (χ1v) is 9.91. The maximum absolute atomic E-state index is 12.5. The number of aromatic hydroxyl groups is 1. The molecule has 0 aromatic heterocycles. The van der Waals surface area contributed by atoms with Gasteiger partial charge in [0, 0.05) is 0 Å². The number of esters is 2. The Morgan fingerprint density at radius 2 is 1.50 bits per heavy atom. The van der Waals surface area contributed by atoms with Gasteiger partial charge in [0.1, 0.15) is 5.60 Å². The number of amides is 1. The van der Waals surface area contributed by atoms with Crippen LogP contribution >= 0.6 is 0 Å². The van der Waals surface area contributed by atoms with Gasteiger partial charge in [-0.1, -0.05) is 0 Å². The Morgan fingerprint density at radius 1 is 0.938 bits per heavy atom. The maximum atomic E-state index is 12.5. The number of rotatable bonds is 11. The number of alkyl carbamates (subject to hydrolysis) is 1. The highest BCUT2D eigenvalue weighted by atomic mass is 16.6. The zero-order valence-electron chi connectivity index (χ0n) is 18.8. The van der Waals surface area contributed by atoms with Crippen LogP contribution in [0.25, 0.3) is 0 Å². The number of hydrogen-bond donors (Lipinski definition) is 2. The predicted molar refractivity (Wildman–Crippen MR) is 111 cm³/mol. The molecule has 1 aromatic rings. The van der Waals surface area contributed by atoms with E-state index < -0.39 is 54.9 Å². The molecule has 0 fully saturated rings. The molecule has 0 bridgehead atoms.